The van der Waals surface area contributed by atoms with Gasteiger partial charge in [-0.2, -0.15) is 5.26 Å². The number of nitrogens with two attached hydrogens (primary N) is 1. The fraction of sp³-hybridized carbons (Fsp3) is 0.0741. The topological polar surface area (TPSA) is 94.0 Å². The minimum atomic E-state index is 0.289. The summed E-state index contributed by atoms with van der Waals surface area (Å²) in [7, 11) is 0. The van der Waals surface area contributed by atoms with Crippen LogP contribution in [0.15, 0.2) is 91.3 Å². The van der Waals surface area contributed by atoms with E-state index >= 15 is 0 Å². The molecule has 0 aliphatic heterocycles. The van der Waals surface area contributed by atoms with Gasteiger partial charge in [0.2, 0.25) is 0 Å². The zero-order valence-corrected chi connectivity index (χ0v) is 17.9. The first-order valence-electron chi connectivity index (χ1n) is 10.4. The number of ether oxygens (including phenoxy) is 2. The molecule has 0 radical (unpaired) electrons. The molecule has 0 saturated heterocycles. The molecule has 0 aliphatic rings. The number of nitrogen functional groups attached to an aromatic ring is 1. The number of nitriles is 1. The molecule has 2 aromatic heterocycles. The maximum atomic E-state index is 9.68. The highest BCUT2D eigenvalue weighted by Crippen LogP contribution is 2.31. The highest BCUT2D eigenvalue weighted by atomic mass is 16.5. The molecule has 2 aromatic carbocycles. The minimum Gasteiger partial charge on any atom is -0.483 e. The summed E-state index contributed by atoms with van der Waals surface area (Å²) in [4.78, 5) is 8.60. The summed E-state index contributed by atoms with van der Waals surface area (Å²) in [6, 6.07) is 26.4. The van der Waals surface area contributed by atoms with E-state index in [4.69, 9.17) is 15.2 Å². The highest BCUT2D eigenvalue weighted by molar-refractivity contribution is 5.90. The van der Waals surface area contributed by atoms with Crippen molar-refractivity contribution in [3.05, 3.63) is 114 Å². The summed E-state index contributed by atoms with van der Waals surface area (Å²) in [6.07, 6.45) is 5.26. The molecule has 0 fully saturated rings. The molecule has 0 spiro atoms. The van der Waals surface area contributed by atoms with E-state index in [0.29, 0.717) is 29.4 Å². The van der Waals surface area contributed by atoms with E-state index in [-0.39, 0.29) is 6.61 Å². The predicted octanol–water partition coefficient (Wildman–Crippen LogP) is 5.28. The first kappa shape index (κ1) is 21.6. The number of benzene rings is 2. The van der Waals surface area contributed by atoms with Gasteiger partial charge in [0.1, 0.15) is 13.2 Å². The molecule has 0 atom stereocenters. The van der Waals surface area contributed by atoms with Gasteiger partial charge in [0.25, 0.3) is 0 Å². The van der Waals surface area contributed by atoms with Crippen LogP contribution in [-0.4, -0.2) is 9.97 Å². The van der Waals surface area contributed by atoms with Crippen LogP contribution in [0.2, 0.25) is 0 Å². The molecule has 0 aliphatic carbocycles. The van der Waals surface area contributed by atoms with Gasteiger partial charge in [-0.3, -0.25) is 9.97 Å². The quantitative estimate of drug-likeness (QED) is 0.230. The summed E-state index contributed by atoms with van der Waals surface area (Å²) in [5, 5.41) is 9.68. The van der Waals surface area contributed by atoms with Crippen molar-refractivity contribution in [3.8, 4) is 17.6 Å². The number of allylic oxidation sites excluding steroid dienone is 1. The summed E-state index contributed by atoms with van der Waals surface area (Å²) >= 11 is 0. The fourth-order valence-corrected chi connectivity index (χ4v) is 3.13. The fourth-order valence-electron chi connectivity index (χ4n) is 3.13. The van der Waals surface area contributed by atoms with Gasteiger partial charge < -0.3 is 15.2 Å². The summed E-state index contributed by atoms with van der Waals surface area (Å²) in [5.41, 5.74) is 10.1. The Labute approximate surface area is 192 Å². The van der Waals surface area contributed by atoms with Crippen molar-refractivity contribution >= 4 is 17.3 Å². The van der Waals surface area contributed by atoms with Crippen molar-refractivity contribution in [1.29, 1.82) is 5.26 Å². The molecule has 2 N–H and O–H groups in total. The number of hydrogen-bond acceptors (Lipinski definition) is 6. The predicted molar refractivity (Wildman–Crippen MR) is 128 cm³/mol. The van der Waals surface area contributed by atoms with Crippen LogP contribution in [-0.2, 0) is 13.2 Å². The second-order valence-corrected chi connectivity index (χ2v) is 7.22. The average molecular weight is 434 g/mol. The van der Waals surface area contributed by atoms with Gasteiger partial charge in [-0.1, -0.05) is 30.3 Å². The van der Waals surface area contributed by atoms with Crippen molar-refractivity contribution in [2.45, 2.75) is 13.2 Å². The lowest BCUT2D eigenvalue weighted by molar-refractivity contribution is 0.252. The molecule has 4 rings (SSSR count). The van der Waals surface area contributed by atoms with E-state index in [9.17, 15) is 5.26 Å². The Kier molecular flexibility index (Phi) is 6.94. The Morgan fingerprint density at radius 2 is 1.45 bits per heavy atom. The Morgan fingerprint density at radius 3 is 2.03 bits per heavy atom. The van der Waals surface area contributed by atoms with E-state index in [1.165, 1.54) is 0 Å². The molecule has 162 valence electrons. The molecular weight excluding hydrogens is 412 g/mol. The number of aromatic nitrogens is 2. The molecule has 6 nitrogen and oxygen atoms in total. The Hall–Kier alpha value is -4.63. The SMILES string of the molecule is N#C/C(=C\c1ccc(OCc2ccccn2)c(OCc2ccccn2)c1)c1ccc(N)cc1. The van der Waals surface area contributed by atoms with Crippen LogP contribution in [0, 0.1) is 11.3 Å². The van der Waals surface area contributed by atoms with Crippen LogP contribution in [0.5, 0.6) is 11.5 Å². The second kappa shape index (κ2) is 10.6. The normalized spacial score (nSPS) is 10.9. The van der Waals surface area contributed by atoms with E-state index in [0.717, 1.165) is 22.5 Å². The van der Waals surface area contributed by atoms with Crippen LogP contribution in [0.3, 0.4) is 0 Å². The van der Waals surface area contributed by atoms with Crippen molar-refractivity contribution in [2.24, 2.45) is 0 Å². The van der Waals surface area contributed by atoms with Gasteiger partial charge in [0.05, 0.1) is 23.0 Å². The van der Waals surface area contributed by atoms with Crippen molar-refractivity contribution in [1.82, 2.24) is 9.97 Å². The third-order valence-electron chi connectivity index (χ3n) is 4.82. The first-order chi connectivity index (χ1) is 16.2. The lowest BCUT2D eigenvalue weighted by atomic mass is 10.0. The van der Waals surface area contributed by atoms with E-state index in [1.54, 1.807) is 24.5 Å². The van der Waals surface area contributed by atoms with Crippen molar-refractivity contribution in [2.75, 3.05) is 5.73 Å². The number of nitrogens with zero attached hydrogens (tertiary/aromatic N) is 3. The van der Waals surface area contributed by atoms with Crippen LogP contribution < -0.4 is 15.2 Å². The lowest BCUT2D eigenvalue weighted by Gasteiger charge is -2.13. The Morgan fingerprint density at radius 1 is 0.818 bits per heavy atom. The maximum Gasteiger partial charge on any atom is 0.162 e. The van der Waals surface area contributed by atoms with E-state index in [2.05, 4.69) is 16.0 Å². The first-order valence-corrected chi connectivity index (χ1v) is 10.4. The lowest BCUT2D eigenvalue weighted by Crippen LogP contribution is -2.02. The molecule has 0 bridgehead atoms. The van der Waals surface area contributed by atoms with Crippen LogP contribution >= 0.6 is 0 Å². The number of rotatable bonds is 8. The Bertz CT molecular complexity index is 1270. The highest BCUT2D eigenvalue weighted by Gasteiger charge is 2.10. The summed E-state index contributed by atoms with van der Waals surface area (Å²) in [6.45, 7) is 0.599. The van der Waals surface area contributed by atoms with E-state index in [1.807, 2.05) is 72.8 Å². The standard InChI is InChI=1S/C27H22N4O2/c28-17-22(21-8-10-23(29)11-9-21)15-20-7-12-26(32-18-24-5-1-3-13-30-24)27(16-20)33-19-25-6-2-4-14-31-25/h1-16H,18-19,29H2/b22-15+. The Balaban J connectivity index is 1.61. The largest absolute Gasteiger partial charge is 0.483 e. The van der Waals surface area contributed by atoms with E-state index < -0.39 is 0 Å². The molecule has 0 saturated carbocycles. The van der Waals surface area contributed by atoms with Gasteiger partial charge >= 0.3 is 0 Å². The third-order valence-corrected chi connectivity index (χ3v) is 4.82. The molecular formula is C27H22N4O2. The molecule has 0 unspecified atom stereocenters. The molecule has 6 heteroatoms. The minimum absolute atomic E-state index is 0.289. The second-order valence-electron chi connectivity index (χ2n) is 7.22. The number of hydrogen-bond donors (Lipinski definition) is 1. The molecule has 33 heavy (non-hydrogen) atoms. The van der Waals surface area contributed by atoms with Crippen LogP contribution in [0.1, 0.15) is 22.5 Å². The number of pyridine rings is 2. The molecule has 4 aromatic rings. The third kappa shape index (κ3) is 5.96. The smallest absolute Gasteiger partial charge is 0.162 e. The monoisotopic (exact) mass is 434 g/mol. The summed E-state index contributed by atoms with van der Waals surface area (Å²) in [5.74, 6) is 1.14. The maximum absolute atomic E-state index is 9.68. The number of anilines is 1. The zero-order valence-electron chi connectivity index (χ0n) is 17.9. The van der Waals surface area contributed by atoms with Gasteiger partial charge in [-0.15, -0.1) is 0 Å². The van der Waals surface area contributed by atoms with Gasteiger partial charge in [0, 0.05) is 18.1 Å². The van der Waals surface area contributed by atoms with Crippen LogP contribution in [0.25, 0.3) is 11.6 Å². The average Bonchev–Trinajstić information content (AvgIpc) is 2.87. The van der Waals surface area contributed by atoms with Crippen molar-refractivity contribution in [3.63, 3.8) is 0 Å². The van der Waals surface area contributed by atoms with Gasteiger partial charge in [-0.05, 0) is 65.7 Å². The van der Waals surface area contributed by atoms with Crippen molar-refractivity contribution < 1.29 is 9.47 Å². The van der Waals surface area contributed by atoms with Crippen LogP contribution in [0.4, 0.5) is 5.69 Å². The van der Waals surface area contributed by atoms with Gasteiger partial charge in [0.15, 0.2) is 11.5 Å². The molecule has 2 heterocycles. The zero-order chi connectivity index (χ0) is 22.9. The molecule has 0 amide bonds. The van der Waals surface area contributed by atoms with Gasteiger partial charge in [-0.25, -0.2) is 0 Å². The summed E-state index contributed by atoms with van der Waals surface area (Å²) < 4.78 is 12.0.